The number of hydrogen-bond donors (Lipinski definition) is 2. The summed E-state index contributed by atoms with van der Waals surface area (Å²) in [5.74, 6) is 0.882. The van der Waals surface area contributed by atoms with E-state index in [0.29, 0.717) is 0 Å². The monoisotopic (exact) mass is 294 g/mol. The highest BCUT2D eigenvalue weighted by molar-refractivity contribution is 5.79. The maximum atomic E-state index is 4.67. The zero-order valence-corrected chi connectivity index (χ0v) is 14.1. The number of likely N-dealkylation sites (N-methyl/N-ethyl adjacent to an activating group) is 1. The summed E-state index contributed by atoms with van der Waals surface area (Å²) in [6, 6.07) is 1.95. The van der Waals surface area contributed by atoms with Gasteiger partial charge in [-0.05, 0) is 47.4 Å². The van der Waals surface area contributed by atoms with Crippen LogP contribution in [0.5, 0.6) is 0 Å². The van der Waals surface area contributed by atoms with Crippen LogP contribution in [0.2, 0.25) is 0 Å². The smallest absolute Gasteiger partial charge is 0.191 e. The van der Waals surface area contributed by atoms with Gasteiger partial charge in [0, 0.05) is 37.6 Å². The lowest BCUT2D eigenvalue weighted by Gasteiger charge is -2.31. The highest BCUT2D eigenvalue weighted by Crippen LogP contribution is 2.09. The number of aliphatic imine (C=N–C) groups is 1. The van der Waals surface area contributed by atoms with Gasteiger partial charge in [0.25, 0.3) is 0 Å². The van der Waals surface area contributed by atoms with E-state index in [1.165, 1.54) is 0 Å². The maximum absolute atomic E-state index is 4.67. The summed E-state index contributed by atoms with van der Waals surface area (Å²) >= 11 is 0. The summed E-state index contributed by atoms with van der Waals surface area (Å²) in [5.41, 5.74) is 0.0530. The molecule has 0 aliphatic heterocycles. The molecule has 6 nitrogen and oxygen atoms in total. The maximum Gasteiger partial charge on any atom is 0.191 e. The van der Waals surface area contributed by atoms with Gasteiger partial charge < -0.3 is 15.5 Å². The van der Waals surface area contributed by atoms with Gasteiger partial charge in [-0.25, -0.2) is 0 Å². The summed E-state index contributed by atoms with van der Waals surface area (Å²) in [6.45, 7) is 9.89. The first-order valence-electron chi connectivity index (χ1n) is 7.62. The molecule has 1 rings (SSSR count). The lowest BCUT2D eigenvalue weighted by atomic mass is 10.1. The van der Waals surface area contributed by atoms with Gasteiger partial charge >= 0.3 is 0 Å². The van der Waals surface area contributed by atoms with E-state index in [1.807, 2.05) is 23.1 Å². The van der Waals surface area contributed by atoms with Gasteiger partial charge in [-0.1, -0.05) is 0 Å². The summed E-state index contributed by atoms with van der Waals surface area (Å²) in [5, 5.41) is 10.9. The average Bonchev–Trinajstić information content (AvgIpc) is 2.93. The minimum absolute atomic E-state index is 0.0530. The van der Waals surface area contributed by atoms with Crippen LogP contribution < -0.4 is 10.6 Å². The van der Waals surface area contributed by atoms with E-state index in [2.05, 4.69) is 60.5 Å². The van der Waals surface area contributed by atoms with E-state index >= 15 is 0 Å². The number of nitrogens with zero attached hydrogens (tertiary/aromatic N) is 4. The van der Waals surface area contributed by atoms with Gasteiger partial charge in [-0.15, -0.1) is 0 Å². The molecule has 0 radical (unpaired) electrons. The molecule has 1 aromatic heterocycles. The van der Waals surface area contributed by atoms with Gasteiger partial charge in [0.1, 0.15) is 0 Å². The number of aryl methyl sites for hydroxylation is 1. The Labute approximate surface area is 128 Å². The van der Waals surface area contributed by atoms with Crippen molar-refractivity contribution in [2.75, 3.05) is 33.7 Å². The van der Waals surface area contributed by atoms with Gasteiger partial charge in [0.05, 0.1) is 6.54 Å². The van der Waals surface area contributed by atoms with Crippen LogP contribution in [0.1, 0.15) is 27.2 Å². The molecule has 2 N–H and O–H groups in total. The third-order valence-corrected chi connectivity index (χ3v) is 3.59. The first-order chi connectivity index (χ1) is 9.95. The molecule has 0 saturated carbocycles. The van der Waals surface area contributed by atoms with Crippen molar-refractivity contribution in [2.24, 2.45) is 4.99 Å². The molecule has 0 fully saturated rings. The van der Waals surface area contributed by atoms with Gasteiger partial charge in [-0.3, -0.25) is 9.67 Å². The van der Waals surface area contributed by atoms with E-state index in [1.54, 1.807) is 0 Å². The van der Waals surface area contributed by atoms with Crippen LogP contribution in [0.4, 0.5) is 0 Å². The summed E-state index contributed by atoms with van der Waals surface area (Å²) in [4.78, 5) is 6.86. The standard InChI is InChI=1S/C15H30N6/c1-6-16-14(18-13-15(2,3)20(4)5)17-9-7-11-21-12-8-10-19-21/h8,10,12H,6-7,9,11,13H2,1-5H3,(H2,16,17,18). The quantitative estimate of drug-likeness (QED) is 0.429. The normalized spacial score (nSPS) is 12.8. The fraction of sp³-hybridized carbons (Fsp3) is 0.733. The second kappa shape index (κ2) is 8.67. The lowest BCUT2D eigenvalue weighted by molar-refractivity contribution is 0.204. The molecule has 120 valence electrons. The Hall–Kier alpha value is -1.56. The Kier molecular flexibility index (Phi) is 7.22. The van der Waals surface area contributed by atoms with Crippen LogP contribution in [-0.4, -0.2) is 59.9 Å². The third-order valence-electron chi connectivity index (χ3n) is 3.59. The lowest BCUT2D eigenvalue weighted by Crippen LogP contribution is -2.44. The molecule has 0 aromatic carbocycles. The van der Waals surface area contributed by atoms with Gasteiger partial charge in [0.15, 0.2) is 5.96 Å². The fourth-order valence-electron chi connectivity index (χ4n) is 1.64. The van der Waals surface area contributed by atoms with Crippen molar-refractivity contribution < 1.29 is 0 Å². The molecular weight excluding hydrogens is 264 g/mol. The van der Waals surface area contributed by atoms with Crippen molar-refractivity contribution in [3.63, 3.8) is 0 Å². The molecule has 6 heteroatoms. The predicted octanol–water partition coefficient (Wildman–Crippen LogP) is 1.17. The molecule has 0 unspecified atom stereocenters. The highest BCUT2D eigenvalue weighted by atomic mass is 15.3. The topological polar surface area (TPSA) is 57.5 Å². The number of guanidine groups is 1. The van der Waals surface area contributed by atoms with Crippen molar-refractivity contribution in [2.45, 2.75) is 39.3 Å². The molecule has 0 aliphatic rings. The van der Waals surface area contributed by atoms with Gasteiger partial charge in [0.2, 0.25) is 0 Å². The zero-order chi connectivity index (χ0) is 15.7. The van der Waals surface area contributed by atoms with E-state index < -0.39 is 0 Å². The van der Waals surface area contributed by atoms with Crippen LogP contribution in [0.3, 0.4) is 0 Å². The van der Waals surface area contributed by atoms with Crippen molar-refractivity contribution >= 4 is 5.96 Å². The van der Waals surface area contributed by atoms with Crippen LogP contribution >= 0.6 is 0 Å². The molecule has 0 atom stereocenters. The second-order valence-corrected chi connectivity index (χ2v) is 5.95. The SMILES string of the molecule is CCNC(=NCC(C)(C)N(C)C)NCCCn1cccn1. The third kappa shape index (κ3) is 6.62. The Balaban J connectivity index is 2.38. The minimum Gasteiger partial charge on any atom is -0.357 e. The first-order valence-corrected chi connectivity index (χ1v) is 7.62. The molecule has 0 saturated heterocycles. The summed E-state index contributed by atoms with van der Waals surface area (Å²) in [7, 11) is 4.17. The van der Waals surface area contributed by atoms with Crippen LogP contribution in [0, 0.1) is 0 Å². The summed E-state index contributed by atoms with van der Waals surface area (Å²) in [6.07, 6.45) is 4.81. The van der Waals surface area contributed by atoms with Crippen molar-refractivity contribution in [1.29, 1.82) is 0 Å². The van der Waals surface area contributed by atoms with Crippen LogP contribution in [-0.2, 0) is 6.54 Å². The van der Waals surface area contributed by atoms with E-state index in [9.17, 15) is 0 Å². The molecule has 0 aliphatic carbocycles. The van der Waals surface area contributed by atoms with E-state index in [-0.39, 0.29) is 5.54 Å². The highest BCUT2D eigenvalue weighted by Gasteiger charge is 2.19. The van der Waals surface area contributed by atoms with Crippen LogP contribution in [0.25, 0.3) is 0 Å². The molecule has 0 spiro atoms. The second-order valence-electron chi connectivity index (χ2n) is 5.95. The molecular formula is C15H30N6. The number of hydrogen-bond acceptors (Lipinski definition) is 3. The van der Waals surface area contributed by atoms with Crippen molar-refractivity contribution in [3.8, 4) is 0 Å². The molecule has 1 heterocycles. The zero-order valence-electron chi connectivity index (χ0n) is 14.1. The number of nitrogens with one attached hydrogen (secondary N) is 2. The molecule has 21 heavy (non-hydrogen) atoms. The molecule has 0 bridgehead atoms. The Morgan fingerprint density at radius 3 is 2.67 bits per heavy atom. The van der Waals surface area contributed by atoms with E-state index in [0.717, 1.165) is 38.6 Å². The van der Waals surface area contributed by atoms with Crippen molar-refractivity contribution in [3.05, 3.63) is 18.5 Å². The predicted molar refractivity (Wildman–Crippen MR) is 88.6 cm³/mol. The Morgan fingerprint density at radius 2 is 2.10 bits per heavy atom. The fourth-order valence-corrected chi connectivity index (χ4v) is 1.64. The molecule has 1 aromatic rings. The largest absolute Gasteiger partial charge is 0.357 e. The minimum atomic E-state index is 0.0530. The first kappa shape index (κ1) is 17.5. The number of rotatable bonds is 8. The molecule has 0 amide bonds. The van der Waals surface area contributed by atoms with Crippen molar-refractivity contribution in [1.82, 2.24) is 25.3 Å². The van der Waals surface area contributed by atoms with Crippen LogP contribution in [0.15, 0.2) is 23.5 Å². The Bertz CT molecular complexity index is 408. The van der Waals surface area contributed by atoms with Gasteiger partial charge in [-0.2, -0.15) is 5.10 Å². The van der Waals surface area contributed by atoms with E-state index in [4.69, 9.17) is 0 Å². The summed E-state index contributed by atoms with van der Waals surface area (Å²) < 4.78 is 1.95. The average molecular weight is 294 g/mol. The Morgan fingerprint density at radius 1 is 1.33 bits per heavy atom. The number of aromatic nitrogens is 2.